The number of benzene rings is 1. The molecule has 0 bridgehead atoms. The average Bonchev–Trinajstić information content (AvgIpc) is 2.59. The molecule has 0 radical (unpaired) electrons. The summed E-state index contributed by atoms with van der Waals surface area (Å²) in [5.74, 6) is 0.0451. The highest BCUT2D eigenvalue weighted by molar-refractivity contribution is 6.00. The SMILES string of the molecule is CC(C)(C)OC(=O)N1CCC(C(=O)c2cnc3ccccc3c2)CC1. The summed E-state index contributed by atoms with van der Waals surface area (Å²) >= 11 is 0. The number of aromatic nitrogens is 1. The Morgan fingerprint density at radius 1 is 1.16 bits per heavy atom. The van der Waals surface area contributed by atoms with Crippen molar-refractivity contribution >= 4 is 22.8 Å². The highest BCUT2D eigenvalue weighted by Gasteiger charge is 2.30. The summed E-state index contributed by atoms with van der Waals surface area (Å²) in [6.45, 7) is 6.66. The number of hydrogen-bond donors (Lipinski definition) is 0. The lowest BCUT2D eigenvalue weighted by atomic mass is 9.89. The Bertz CT molecular complexity index is 787. The van der Waals surface area contributed by atoms with Gasteiger partial charge < -0.3 is 9.64 Å². The molecule has 0 N–H and O–H groups in total. The third-order valence-corrected chi connectivity index (χ3v) is 4.39. The molecule has 0 spiro atoms. The minimum atomic E-state index is -0.499. The van der Waals surface area contributed by atoms with Gasteiger partial charge in [-0.3, -0.25) is 9.78 Å². The first kappa shape index (κ1) is 17.4. The van der Waals surface area contributed by atoms with E-state index in [9.17, 15) is 9.59 Å². The Labute approximate surface area is 148 Å². The molecule has 1 fully saturated rings. The van der Waals surface area contributed by atoms with Crippen LogP contribution >= 0.6 is 0 Å². The molecule has 1 saturated heterocycles. The maximum atomic E-state index is 12.8. The Balaban J connectivity index is 1.63. The van der Waals surface area contributed by atoms with E-state index in [1.165, 1.54) is 0 Å². The summed E-state index contributed by atoms with van der Waals surface area (Å²) in [5, 5.41) is 0.972. The maximum Gasteiger partial charge on any atom is 0.410 e. The molecule has 1 aromatic heterocycles. The van der Waals surface area contributed by atoms with Crippen molar-refractivity contribution < 1.29 is 14.3 Å². The second-order valence-corrected chi connectivity index (χ2v) is 7.52. The largest absolute Gasteiger partial charge is 0.444 e. The van der Waals surface area contributed by atoms with Gasteiger partial charge in [0.1, 0.15) is 5.60 Å². The second-order valence-electron chi connectivity index (χ2n) is 7.52. The van der Waals surface area contributed by atoms with Crippen LogP contribution in [0.4, 0.5) is 4.79 Å². The minimum absolute atomic E-state index is 0.0679. The van der Waals surface area contributed by atoms with Gasteiger partial charge in [0, 0.05) is 36.2 Å². The monoisotopic (exact) mass is 340 g/mol. The lowest BCUT2D eigenvalue weighted by Gasteiger charge is -2.32. The lowest BCUT2D eigenvalue weighted by Crippen LogP contribution is -2.43. The van der Waals surface area contributed by atoms with Crippen LogP contribution in [0, 0.1) is 5.92 Å². The normalized spacial score (nSPS) is 16.0. The van der Waals surface area contributed by atoms with Gasteiger partial charge in [-0.2, -0.15) is 0 Å². The predicted molar refractivity (Wildman–Crippen MR) is 96.6 cm³/mol. The summed E-state index contributed by atoms with van der Waals surface area (Å²) in [4.78, 5) is 31.0. The van der Waals surface area contributed by atoms with Crippen LogP contribution < -0.4 is 0 Å². The van der Waals surface area contributed by atoms with Crippen molar-refractivity contribution in [2.45, 2.75) is 39.2 Å². The number of ketones is 1. The zero-order valence-electron chi connectivity index (χ0n) is 15.0. The van der Waals surface area contributed by atoms with Crippen molar-refractivity contribution in [2.24, 2.45) is 5.92 Å². The average molecular weight is 340 g/mol. The molecule has 0 aliphatic carbocycles. The first-order valence-electron chi connectivity index (χ1n) is 8.70. The zero-order chi connectivity index (χ0) is 18.0. The molecule has 0 unspecified atom stereocenters. The van der Waals surface area contributed by atoms with E-state index >= 15 is 0 Å². The number of carbonyl (C=O) groups excluding carboxylic acids is 2. The van der Waals surface area contributed by atoms with E-state index in [2.05, 4.69) is 4.98 Å². The quantitative estimate of drug-likeness (QED) is 0.773. The van der Waals surface area contributed by atoms with Crippen molar-refractivity contribution in [1.29, 1.82) is 0 Å². The number of piperidine rings is 1. The summed E-state index contributed by atoms with van der Waals surface area (Å²) < 4.78 is 5.40. The third-order valence-electron chi connectivity index (χ3n) is 4.39. The summed E-state index contributed by atoms with van der Waals surface area (Å²) in [6.07, 6.45) is 2.67. The van der Waals surface area contributed by atoms with Gasteiger partial charge in [0.25, 0.3) is 0 Å². The first-order valence-corrected chi connectivity index (χ1v) is 8.70. The Morgan fingerprint density at radius 2 is 1.84 bits per heavy atom. The predicted octanol–water partition coefficient (Wildman–Crippen LogP) is 4.06. The van der Waals surface area contributed by atoms with Crippen molar-refractivity contribution in [3.63, 3.8) is 0 Å². The molecule has 5 heteroatoms. The summed E-state index contributed by atoms with van der Waals surface area (Å²) in [6, 6.07) is 9.68. The van der Waals surface area contributed by atoms with Gasteiger partial charge in [0.05, 0.1) is 5.52 Å². The number of Topliss-reactive ketones (excluding diaryl/α,β-unsaturated/α-hetero) is 1. The summed E-state index contributed by atoms with van der Waals surface area (Å²) in [7, 11) is 0. The number of amides is 1. The van der Waals surface area contributed by atoms with Gasteiger partial charge in [-0.1, -0.05) is 18.2 Å². The lowest BCUT2D eigenvalue weighted by molar-refractivity contribution is 0.0182. The highest BCUT2D eigenvalue weighted by Crippen LogP contribution is 2.24. The van der Waals surface area contributed by atoms with Crippen LogP contribution in [0.15, 0.2) is 36.5 Å². The third kappa shape index (κ3) is 4.16. The number of pyridine rings is 1. The molecule has 3 rings (SSSR count). The molecule has 1 aromatic carbocycles. The highest BCUT2D eigenvalue weighted by atomic mass is 16.6. The minimum Gasteiger partial charge on any atom is -0.444 e. The topological polar surface area (TPSA) is 59.5 Å². The molecule has 25 heavy (non-hydrogen) atoms. The van der Waals surface area contributed by atoms with E-state index in [1.807, 2.05) is 51.1 Å². The Hall–Kier alpha value is -2.43. The number of hydrogen-bond acceptors (Lipinski definition) is 4. The number of fused-ring (bicyclic) bond motifs is 1. The number of nitrogens with zero attached hydrogens (tertiary/aromatic N) is 2. The first-order chi connectivity index (χ1) is 11.8. The molecule has 2 heterocycles. The molecule has 0 atom stereocenters. The van der Waals surface area contributed by atoms with Gasteiger partial charge in [0.2, 0.25) is 0 Å². The Kier molecular flexibility index (Phi) is 4.75. The second kappa shape index (κ2) is 6.82. The van der Waals surface area contributed by atoms with Crippen LogP contribution in [0.2, 0.25) is 0 Å². The van der Waals surface area contributed by atoms with E-state index in [-0.39, 0.29) is 17.8 Å². The van der Waals surface area contributed by atoms with Gasteiger partial charge >= 0.3 is 6.09 Å². The number of para-hydroxylation sites is 1. The molecular weight excluding hydrogens is 316 g/mol. The van der Waals surface area contributed by atoms with E-state index in [1.54, 1.807) is 11.1 Å². The maximum absolute atomic E-state index is 12.8. The van der Waals surface area contributed by atoms with Crippen molar-refractivity contribution in [1.82, 2.24) is 9.88 Å². The number of ether oxygens (including phenoxy) is 1. The Morgan fingerprint density at radius 3 is 2.52 bits per heavy atom. The van der Waals surface area contributed by atoms with Crippen LogP contribution in [0.3, 0.4) is 0 Å². The van der Waals surface area contributed by atoms with Gasteiger partial charge in [-0.05, 0) is 45.7 Å². The van der Waals surface area contributed by atoms with Crippen LogP contribution in [0.1, 0.15) is 44.0 Å². The number of likely N-dealkylation sites (tertiary alicyclic amines) is 1. The van der Waals surface area contributed by atoms with Crippen LogP contribution in [0.5, 0.6) is 0 Å². The molecule has 1 aliphatic rings. The molecule has 1 amide bonds. The fourth-order valence-electron chi connectivity index (χ4n) is 3.09. The van der Waals surface area contributed by atoms with Gasteiger partial charge in [-0.25, -0.2) is 4.79 Å². The van der Waals surface area contributed by atoms with Gasteiger partial charge in [0.15, 0.2) is 5.78 Å². The van der Waals surface area contributed by atoms with E-state index in [4.69, 9.17) is 4.74 Å². The van der Waals surface area contributed by atoms with Crippen molar-refractivity contribution in [3.8, 4) is 0 Å². The number of rotatable bonds is 2. The molecule has 132 valence electrons. The van der Waals surface area contributed by atoms with Crippen molar-refractivity contribution in [3.05, 3.63) is 42.1 Å². The summed E-state index contributed by atoms with van der Waals surface area (Å²) in [5.41, 5.74) is 1.04. The van der Waals surface area contributed by atoms with Crippen LogP contribution in [-0.4, -0.2) is 40.5 Å². The van der Waals surface area contributed by atoms with E-state index < -0.39 is 5.60 Å². The molecule has 2 aromatic rings. The van der Waals surface area contributed by atoms with Crippen LogP contribution in [-0.2, 0) is 4.74 Å². The molecule has 0 saturated carbocycles. The van der Waals surface area contributed by atoms with Crippen molar-refractivity contribution in [2.75, 3.05) is 13.1 Å². The zero-order valence-corrected chi connectivity index (χ0v) is 15.0. The standard InChI is InChI=1S/C20H24N2O3/c1-20(2,3)25-19(24)22-10-8-14(9-11-22)18(23)16-12-15-6-4-5-7-17(15)21-13-16/h4-7,12-14H,8-11H2,1-3H3. The smallest absolute Gasteiger partial charge is 0.410 e. The van der Waals surface area contributed by atoms with E-state index in [0.29, 0.717) is 31.5 Å². The molecule has 5 nitrogen and oxygen atoms in total. The van der Waals surface area contributed by atoms with E-state index in [0.717, 1.165) is 10.9 Å². The van der Waals surface area contributed by atoms with Gasteiger partial charge in [-0.15, -0.1) is 0 Å². The molecule has 1 aliphatic heterocycles. The molecular formula is C20H24N2O3. The van der Waals surface area contributed by atoms with Crippen LogP contribution in [0.25, 0.3) is 10.9 Å². The number of carbonyl (C=O) groups is 2. The fraction of sp³-hybridized carbons (Fsp3) is 0.450. The fourth-order valence-corrected chi connectivity index (χ4v) is 3.09.